The van der Waals surface area contributed by atoms with Crippen molar-refractivity contribution in [2.24, 2.45) is 0 Å². The summed E-state index contributed by atoms with van der Waals surface area (Å²) in [5.74, 6) is -0.254. The number of rotatable bonds is 8. The Kier molecular flexibility index (Phi) is 7.84. The Balaban J connectivity index is 3.49. The predicted octanol–water partition coefficient (Wildman–Crippen LogP) is 2.43. The lowest BCUT2D eigenvalue weighted by Gasteiger charge is -2.12. The van der Waals surface area contributed by atoms with Gasteiger partial charge < -0.3 is 9.47 Å². The highest BCUT2D eigenvalue weighted by Crippen LogP contribution is 2.00. The molecular weight excluding hydrogens is 180 g/mol. The lowest BCUT2D eigenvalue weighted by Crippen LogP contribution is -2.18. The van der Waals surface area contributed by atoms with Crippen LogP contribution in [0.3, 0.4) is 0 Å². The summed E-state index contributed by atoms with van der Waals surface area (Å²) in [6.07, 6.45) is 4.72. The molecule has 0 radical (unpaired) electrons. The molecule has 0 aromatic heterocycles. The van der Waals surface area contributed by atoms with E-state index in [0.717, 1.165) is 6.42 Å². The molecule has 0 aliphatic rings. The first-order chi connectivity index (χ1) is 6.70. The molecule has 0 fully saturated rings. The Morgan fingerprint density at radius 2 is 2.00 bits per heavy atom. The molecule has 0 bridgehead atoms. The third-order valence-corrected chi connectivity index (χ3v) is 1.52. The number of carbonyl (C=O) groups is 1. The van der Waals surface area contributed by atoms with Gasteiger partial charge in [-0.3, -0.25) is 4.79 Å². The summed E-state index contributed by atoms with van der Waals surface area (Å²) in [6, 6.07) is 0. The number of allylic oxidation sites excluding steroid dienone is 1. The average molecular weight is 198 g/mol. The van der Waals surface area contributed by atoms with Crippen molar-refractivity contribution >= 4 is 5.97 Å². The van der Waals surface area contributed by atoms with Gasteiger partial charge in [-0.15, -0.1) is 13.2 Å². The van der Waals surface area contributed by atoms with Crippen LogP contribution in [0.5, 0.6) is 0 Å². The minimum absolute atomic E-state index is 0.254. The minimum Gasteiger partial charge on any atom is -0.436 e. The smallest absolute Gasteiger partial charge is 0.308 e. The van der Waals surface area contributed by atoms with E-state index < -0.39 is 6.29 Å². The van der Waals surface area contributed by atoms with E-state index in [2.05, 4.69) is 13.2 Å². The average Bonchev–Trinajstić information content (AvgIpc) is 2.15. The Morgan fingerprint density at radius 1 is 1.36 bits per heavy atom. The van der Waals surface area contributed by atoms with E-state index in [-0.39, 0.29) is 5.97 Å². The molecule has 80 valence electrons. The van der Waals surface area contributed by atoms with E-state index in [9.17, 15) is 4.79 Å². The van der Waals surface area contributed by atoms with E-state index in [0.29, 0.717) is 19.4 Å². The van der Waals surface area contributed by atoms with E-state index in [1.54, 1.807) is 19.1 Å². The fourth-order valence-corrected chi connectivity index (χ4v) is 0.815. The van der Waals surface area contributed by atoms with Crippen LogP contribution in [0.25, 0.3) is 0 Å². The summed E-state index contributed by atoms with van der Waals surface area (Å²) in [7, 11) is 0. The van der Waals surface area contributed by atoms with Gasteiger partial charge in [-0.1, -0.05) is 12.2 Å². The molecule has 0 aromatic rings. The second-order valence-electron chi connectivity index (χ2n) is 2.83. The molecule has 3 heteroatoms. The highest BCUT2D eigenvalue weighted by molar-refractivity contribution is 5.69. The molecular formula is C11H18O3. The molecule has 3 nitrogen and oxygen atoms in total. The van der Waals surface area contributed by atoms with Crippen molar-refractivity contribution in [1.82, 2.24) is 0 Å². The zero-order valence-corrected chi connectivity index (χ0v) is 8.70. The summed E-state index contributed by atoms with van der Waals surface area (Å²) >= 11 is 0. The molecule has 0 saturated heterocycles. The third-order valence-electron chi connectivity index (χ3n) is 1.52. The van der Waals surface area contributed by atoms with Crippen LogP contribution in [0.4, 0.5) is 0 Å². The molecule has 0 N–H and O–H groups in total. The summed E-state index contributed by atoms with van der Waals surface area (Å²) in [5.41, 5.74) is 0. The van der Waals surface area contributed by atoms with E-state index in [1.807, 2.05) is 0 Å². The largest absolute Gasteiger partial charge is 0.436 e. The number of hydrogen-bond acceptors (Lipinski definition) is 3. The SMILES string of the molecule is C=CCCOC(C)OC(=O)CCC=C. The van der Waals surface area contributed by atoms with Crippen molar-refractivity contribution in [3.8, 4) is 0 Å². The van der Waals surface area contributed by atoms with Gasteiger partial charge in [-0.05, 0) is 19.8 Å². The Hall–Kier alpha value is -1.09. The molecule has 0 aliphatic carbocycles. The molecule has 0 heterocycles. The van der Waals surface area contributed by atoms with Crippen LogP contribution in [0, 0.1) is 0 Å². The van der Waals surface area contributed by atoms with Gasteiger partial charge in [-0.25, -0.2) is 0 Å². The van der Waals surface area contributed by atoms with Crippen LogP contribution in [0.1, 0.15) is 26.2 Å². The fourth-order valence-electron chi connectivity index (χ4n) is 0.815. The van der Waals surface area contributed by atoms with Crippen molar-refractivity contribution in [2.75, 3.05) is 6.61 Å². The number of carbonyl (C=O) groups excluding carboxylic acids is 1. The van der Waals surface area contributed by atoms with Crippen molar-refractivity contribution < 1.29 is 14.3 Å². The number of ether oxygens (including phenoxy) is 2. The van der Waals surface area contributed by atoms with Gasteiger partial charge in [0.2, 0.25) is 0 Å². The van der Waals surface area contributed by atoms with Crippen LogP contribution in [-0.4, -0.2) is 18.9 Å². The molecule has 0 amide bonds. The summed E-state index contributed by atoms with van der Waals surface area (Å²) < 4.78 is 10.1. The molecule has 0 saturated carbocycles. The van der Waals surface area contributed by atoms with Crippen molar-refractivity contribution in [2.45, 2.75) is 32.5 Å². The Bertz CT molecular complexity index is 187. The third kappa shape index (κ3) is 7.55. The van der Waals surface area contributed by atoms with E-state index in [1.165, 1.54) is 0 Å². The first kappa shape index (κ1) is 12.9. The van der Waals surface area contributed by atoms with Crippen LogP contribution < -0.4 is 0 Å². The van der Waals surface area contributed by atoms with Gasteiger partial charge >= 0.3 is 5.97 Å². The lowest BCUT2D eigenvalue weighted by atomic mass is 10.3. The van der Waals surface area contributed by atoms with Crippen LogP contribution in [-0.2, 0) is 14.3 Å². The predicted molar refractivity (Wildman–Crippen MR) is 55.8 cm³/mol. The topological polar surface area (TPSA) is 35.5 Å². The molecule has 0 aromatic carbocycles. The first-order valence-corrected chi connectivity index (χ1v) is 4.73. The second-order valence-corrected chi connectivity index (χ2v) is 2.83. The second kappa shape index (κ2) is 8.51. The zero-order valence-electron chi connectivity index (χ0n) is 8.70. The molecule has 1 unspecified atom stereocenters. The maximum atomic E-state index is 11.1. The van der Waals surface area contributed by atoms with Crippen molar-refractivity contribution in [3.05, 3.63) is 25.3 Å². The summed E-state index contributed by atoms with van der Waals surface area (Å²) in [6.45, 7) is 9.31. The van der Waals surface area contributed by atoms with Crippen LogP contribution >= 0.6 is 0 Å². The molecule has 0 aliphatic heterocycles. The molecule has 0 spiro atoms. The normalized spacial score (nSPS) is 11.8. The number of hydrogen-bond donors (Lipinski definition) is 0. The van der Waals surface area contributed by atoms with Crippen molar-refractivity contribution in [1.29, 1.82) is 0 Å². The van der Waals surface area contributed by atoms with Crippen molar-refractivity contribution in [3.63, 3.8) is 0 Å². The number of esters is 1. The zero-order chi connectivity index (χ0) is 10.8. The highest BCUT2D eigenvalue weighted by atomic mass is 16.7. The van der Waals surface area contributed by atoms with Gasteiger partial charge in [-0.2, -0.15) is 0 Å². The summed E-state index contributed by atoms with van der Waals surface area (Å²) in [4.78, 5) is 11.1. The quantitative estimate of drug-likeness (QED) is 0.260. The molecule has 14 heavy (non-hydrogen) atoms. The maximum absolute atomic E-state index is 11.1. The van der Waals surface area contributed by atoms with Gasteiger partial charge in [0.15, 0.2) is 6.29 Å². The fraction of sp³-hybridized carbons (Fsp3) is 0.545. The first-order valence-electron chi connectivity index (χ1n) is 4.73. The monoisotopic (exact) mass is 198 g/mol. The van der Waals surface area contributed by atoms with Gasteiger partial charge in [0.1, 0.15) is 0 Å². The molecule has 1 atom stereocenters. The maximum Gasteiger partial charge on any atom is 0.308 e. The lowest BCUT2D eigenvalue weighted by molar-refractivity contribution is -0.174. The van der Waals surface area contributed by atoms with E-state index in [4.69, 9.17) is 9.47 Å². The Labute approximate surface area is 85.4 Å². The van der Waals surface area contributed by atoms with Crippen LogP contribution in [0.2, 0.25) is 0 Å². The van der Waals surface area contributed by atoms with Gasteiger partial charge in [0, 0.05) is 6.42 Å². The molecule has 0 rings (SSSR count). The minimum atomic E-state index is -0.479. The standard InChI is InChI=1S/C11H18O3/c1-4-6-8-11(12)14-10(3)13-9-7-5-2/h4-5,10H,1-2,6-9H2,3H3. The van der Waals surface area contributed by atoms with Crippen LogP contribution in [0.15, 0.2) is 25.3 Å². The highest BCUT2D eigenvalue weighted by Gasteiger charge is 2.07. The van der Waals surface area contributed by atoms with Gasteiger partial charge in [0.25, 0.3) is 0 Å². The van der Waals surface area contributed by atoms with E-state index >= 15 is 0 Å². The summed E-state index contributed by atoms with van der Waals surface area (Å²) in [5, 5.41) is 0. The Morgan fingerprint density at radius 3 is 2.57 bits per heavy atom. The van der Waals surface area contributed by atoms with Gasteiger partial charge in [0.05, 0.1) is 6.61 Å².